The number of fused-ring (bicyclic) bond motifs is 1. The lowest BCUT2D eigenvalue weighted by molar-refractivity contribution is -0.139. The van der Waals surface area contributed by atoms with E-state index in [4.69, 9.17) is 5.14 Å². The first-order valence-electron chi connectivity index (χ1n) is 7.31. The summed E-state index contributed by atoms with van der Waals surface area (Å²) in [6, 6.07) is 4.59. The number of nitrogens with one attached hydrogen (secondary N) is 1. The molecular weight excluding hydrogens is 371 g/mol. The molecule has 0 aliphatic heterocycles. The van der Waals surface area contributed by atoms with E-state index in [-0.39, 0.29) is 12.1 Å². The van der Waals surface area contributed by atoms with Gasteiger partial charge in [-0.15, -0.1) is 0 Å². The molecule has 0 spiro atoms. The number of pyridine rings is 1. The van der Waals surface area contributed by atoms with Crippen molar-refractivity contribution in [2.75, 3.05) is 5.32 Å². The van der Waals surface area contributed by atoms with E-state index in [1.165, 1.54) is 6.07 Å². The van der Waals surface area contributed by atoms with Gasteiger partial charge in [0.05, 0.1) is 22.0 Å². The molecule has 0 saturated carbocycles. The van der Waals surface area contributed by atoms with Crippen molar-refractivity contribution in [3.05, 3.63) is 47.8 Å². The third-order valence-electron chi connectivity index (χ3n) is 3.77. The predicted molar refractivity (Wildman–Crippen MR) is 88.7 cm³/mol. The lowest BCUT2D eigenvalue weighted by atomic mass is 10.1. The molecule has 138 valence electrons. The monoisotopic (exact) mass is 385 g/mol. The fraction of sp³-hybridized carbons (Fsp3) is 0.200. The van der Waals surface area contributed by atoms with Gasteiger partial charge in [0.25, 0.3) is 0 Å². The zero-order valence-electron chi connectivity index (χ0n) is 13.4. The first-order valence-corrected chi connectivity index (χ1v) is 8.85. The molecule has 3 rings (SSSR count). The highest BCUT2D eigenvalue weighted by molar-refractivity contribution is 7.89. The largest absolute Gasteiger partial charge is 0.417 e. The smallest absolute Gasteiger partial charge is 0.380 e. The Bertz CT molecular complexity index is 1080. The Labute approximate surface area is 146 Å². The lowest BCUT2D eigenvalue weighted by Gasteiger charge is -2.14. The molecule has 26 heavy (non-hydrogen) atoms. The van der Waals surface area contributed by atoms with Crippen LogP contribution in [0.2, 0.25) is 0 Å². The van der Waals surface area contributed by atoms with E-state index < -0.39 is 26.7 Å². The normalized spacial score (nSPS) is 12.5. The van der Waals surface area contributed by atoms with Gasteiger partial charge in [-0.05, 0) is 23.8 Å². The Hall–Kier alpha value is -2.66. The minimum Gasteiger partial charge on any atom is -0.380 e. The lowest BCUT2D eigenvalue weighted by Crippen LogP contribution is -2.19. The van der Waals surface area contributed by atoms with Crippen LogP contribution in [0.15, 0.2) is 41.6 Å². The van der Waals surface area contributed by atoms with E-state index in [1.807, 2.05) is 0 Å². The van der Waals surface area contributed by atoms with Gasteiger partial charge < -0.3 is 5.32 Å². The van der Waals surface area contributed by atoms with Crippen LogP contribution >= 0.6 is 0 Å². The fourth-order valence-corrected chi connectivity index (χ4v) is 3.29. The van der Waals surface area contributed by atoms with E-state index in [1.54, 1.807) is 30.2 Å². The van der Waals surface area contributed by atoms with Crippen LogP contribution in [0.25, 0.3) is 11.0 Å². The number of anilines is 1. The molecule has 11 heteroatoms. The van der Waals surface area contributed by atoms with Crippen molar-refractivity contribution < 1.29 is 21.6 Å². The molecule has 0 bridgehead atoms. The Balaban J connectivity index is 1.93. The van der Waals surface area contributed by atoms with Crippen LogP contribution in [0.5, 0.6) is 0 Å². The van der Waals surface area contributed by atoms with Gasteiger partial charge in [0.15, 0.2) is 5.65 Å². The number of aryl methyl sites for hydroxylation is 1. The molecule has 0 aliphatic rings. The van der Waals surface area contributed by atoms with Gasteiger partial charge >= 0.3 is 6.18 Å². The molecule has 0 aliphatic carbocycles. The fourth-order valence-electron chi connectivity index (χ4n) is 2.55. The summed E-state index contributed by atoms with van der Waals surface area (Å²) in [5, 5.41) is 12.7. The number of hydrogen-bond donors (Lipinski definition) is 2. The number of halogens is 3. The van der Waals surface area contributed by atoms with Crippen molar-refractivity contribution in [2.24, 2.45) is 12.2 Å². The van der Waals surface area contributed by atoms with Gasteiger partial charge in [0.1, 0.15) is 0 Å². The SMILES string of the molecule is Cn1ncc2c(NCc3ccc(S(N)(=O)=O)c(C(F)(F)F)c3)ccnc21. The molecule has 3 aromatic rings. The van der Waals surface area contributed by atoms with Crippen LogP contribution in [0, 0.1) is 0 Å². The highest BCUT2D eigenvalue weighted by atomic mass is 32.2. The van der Waals surface area contributed by atoms with Gasteiger partial charge in [0, 0.05) is 25.5 Å². The van der Waals surface area contributed by atoms with Crippen molar-refractivity contribution in [3.8, 4) is 0 Å². The number of nitrogens with two attached hydrogens (primary N) is 1. The van der Waals surface area contributed by atoms with Gasteiger partial charge in [-0.1, -0.05) is 6.07 Å². The van der Waals surface area contributed by atoms with Gasteiger partial charge in [0.2, 0.25) is 10.0 Å². The molecule has 0 radical (unpaired) electrons. The van der Waals surface area contributed by atoms with Crippen LogP contribution in [-0.2, 0) is 29.8 Å². The summed E-state index contributed by atoms with van der Waals surface area (Å²) in [5.74, 6) is 0. The maximum absolute atomic E-state index is 13.2. The Morgan fingerprint density at radius 1 is 1.27 bits per heavy atom. The highest BCUT2D eigenvalue weighted by Gasteiger charge is 2.36. The Morgan fingerprint density at radius 2 is 2.00 bits per heavy atom. The molecular formula is C15H14F3N5O2S. The molecule has 0 amide bonds. The second-order valence-electron chi connectivity index (χ2n) is 5.59. The zero-order chi connectivity index (χ0) is 19.1. The summed E-state index contributed by atoms with van der Waals surface area (Å²) >= 11 is 0. The molecule has 2 aromatic heterocycles. The van der Waals surface area contributed by atoms with E-state index in [9.17, 15) is 21.6 Å². The second kappa shape index (κ2) is 6.25. The van der Waals surface area contributed by atoms with Crippen molar-refractivity contribution in [3.63, 3.8) is 0 Å². The number of sulfonamides is 1. The van der Waals surface area contributed by atoms with E-state index in [0.717, 1.165) is 12.1 Å². The minimum atomic E-state index is -4.84. The number of rotatable bonds is 4. The number of aromatic nitrogens is 3. The number of primary sulfonamides is 1. The van der Waals surface area contributed by atoms with Crippen LogP contribution in [0.4, 0.5) is 18.9 Å². The molecule has 0 fully saturated rings. The quantitative estimate of drug-likeness (QED) is 0.717. The van der Waals surface area contributed by atoms with Gasteiger partial charge in [-0.3, -0.25) is 4.68 Å². The molecule has 7 nitrogen and oxygen atoms in total. The number of hydrogen-bond acceptors (Lipinski definition) is 5. The average molecular weight is 385 g/mol. The third kappa shape index (κ3) is 3.48. The van der Waals surface area contributed by atoms with Crippen molar-refractivity contribution in [1.82, 2.24) is 14.8 Å². The van der Waals surface area contributed by atoms with Crippen molar-refractivity contribution in [1.29, 1.82) is 0 Å². The van der Waals surface area contributed by atoms with Gasteiger partial charge in [-0.2, -0.15) is 18.3 Å². The number of benzene rings is 1. The maximum atomic E-state index is 13.2. The standard InChI is InChI=1S/C15H14F3N5O2S/c1-23-14-10(8-22-23)12(4-5-20-14)21-7-9-2-3-13(26(19,24)25)11(6-9)15(16,17)18/h2-6,8H,7H2,1H3,(H,20,21)(H2,19,24,25). The summed E-state index contributed by atoms with van der Waals surface area (Å²) in [4.78, 5) is 3.22. The topological polar surface area (TPSA) is 103 Å². The van der Waals surface area contributed by atoms with Gasteiger partial charge in [-0.25, -0.2) is 18.5 Å². The zero-order valence-corrected chi connectivity index (χ0v) is 14.3. The molecule has 0 unspecified atom stereocenters. The molecule has 3 N–H and O–H groups in total. The van der Waals surface area contributed by atoms with Crippen LogP contribution < -0.4 is 10.5 Å². The van der Waals surface area contributed by atoms with Crippen LogP contribution in [0.3, 0.4) is 0 Å². The van der Waals surface area contributed by atoms with Crippen LogP contribution in [0.1, 0.15) is 11.1 Å². The van der Waals surface area contributed by atoms with Crippen molar-refractivity contribution >= 4 is 26.7 Å². The molecule has 1 aromatic carbocycles. The summed E-state index contributed by atoms with van der Waals surface area (Å²) in [6.07, 6.45) is -1.70. The molecule has 0 saturated heterocycles. The van der Waals surface area contributed by atoms with Crippen LogP contribution in [-0.4, -0.2) is 23.2 Å². The first-order chi connectivity index (χ1) is 12.1. The second-order valence-corrected chi connectivity index (χ2v) is 7.12. The molecule has 2 heterocycles. The maximum Gasteiger partial charge on any atom is 0.417 e. The Morgan fingerprint density at radius 3 is 2.65 bits per heavy atom. The number of nitrogens with zero attached hydrogens (tertiary/aromatic N) is 3. The third-order valence-corrected chi connectivity index (χ3v) is 4.74. The minimum absolute atomic E-state index is 0.0436. The predicted octanol–water partition coefficient (Wildman–Crippen LogP) is 2.25. The van der Waals surface area contributed by atoms with E-state index in [2.05, 4.69) is 15.4 Å². The first kappa shape index (κ1) is 18.1. The highest BCUT2D eigenvalue weighted by Crippen LogP contribution is 2.34. The van der Waals surface area contributed by atoms with Crippen molar-refractivity contribution in [2.45, 2.75) is 17.6 Å². The van der Waals surface area contributed by atoms with E-state index >= 15 is 0 Å². The number of alkyl halides is 3. The Kier molecular flexibility index (Phi) is 4.36. The average Bonchev–Trinajstić information content (AvgIpc) is 2.93. The summed E-state index contributed by atoms with van der Waals surface area (Å²) in [5.41, 5.74) is 0.224. The summed E-state index contributed by atoms with van der Waals surface area (Å²) < 4.78 is 63.9. The summed E-state index contributed by atoms with van der Waals surface area (Å²) in [6.45, 7) is 0.0436. The van der Waals surface area contributed by atoms with E-state index in [0.29, 0.717) is 16.7 Å². The molecule has 0 atom stereocenters. The summed E-state index contributed by atoms with van der Waals surface area (Å²) in [7, 11) is -2.76.